The van der Waals surface area contributed by atoms with E-state index in [1.54, 1.807) is 0 Å². The maximum atomic E-state index is 6.24. The van der Waals surface area contributed by atoms with Gasteiger partial charge in [-0.3, -0.25) is 0 Å². The first kappa shape index (κ1) is 18.4. The molecule has 0 radical (unpaired) electrons. The average molecular weight is 372 g/mol. The quantitative estimate of drug-likeness (QED) is 0.795. The maximum Gasteiger partial charge on any atom is 0.217 e. The predicted molar refractivity (Wildman–Crippen MR) is 103 cm³/mol. The third-order valence-electron chi connectivity index (χ3n) is 5.30. The van der Waals surface area contributed by atoms with E-state index in [2.05, 4.69) is 27.7 Å². The molecule has 0 aromatic heterocycles. The van der Waals surface area contributed by atoms with Gasteiger partial charge in [0.25, 0.3) is 0 Å². The summed E-state index contributed by atoms with van der Waals surface area (Å²) in [7, 11) is 0. The number of nitrogens with zero attached hydrogens (tertiary/aromatic N) is 2. The molecule has 0 bridgehead atoms. The normalized spacial score (nSPS) is 31.2. The standard InChI is InChI=1S/C21H28N2O4/c1-12(2)15-10-24-19(22-15)17-18(20-23-16(11-25-20)13(3)4)27-21(26-17)14-8-6-5-7-9-14/h5-9,12-13,15-18,21H,10-11H2,1-4H3/t15-,16-,17-,18-/m1/s1. The Morgan fingerprint density at radius 1 is 0.778 bits per heavy atom. The Balaban J connectivity index is 1.60. The van der Waals surface area contributed by atoms with Gasteiger partial charge in [-0.25, -0.2) is 9.98 Å². The number of ether oxygens (including phenoxy) is 4. The van der Waals surface area contributed by atoms with Crippen molar-refractivity contribution in [2.24, 2.45) is 21.8 Å². The van der Waals surface area contributed by atoms with Gasteiger partial charge in [-0.05, 0) is 11.8 Å². The van der Waals surface area contributed by atoms with E-state index < -0.39 is 18.5 Å². The summed E-state index contributed by atoms with van der Waals surface area (Å²) in [6.07, 6.45) is -1.37. The van der Waals surface area contributed by atoms with Crippen LogP contribution in [0.4, 0.5) is 0 Å². The summed E-state index contributed by atoms with van der Waals surface area (Å²) in [6, 6.07) is 10.2. The fourth-order valence-corrected chi connectivity index (χ4v) is 3.40. The topological polar surface area (TPSA) is 61.6 Å². The highest BCUT2D eigenvalue weighted by Crippen LogP contribution is 2.35. The van der Waals surface area contributed by atoms with Crippen molar-refractivity contribution < 1.29 is 18.9 Å². The van der Waals surface area contributed by atoms with Crippen molar-refractivity contribution in [2.75, 3.05) is 13.2 Å². The van der Waals surface area contributed by atoms with Crippen LogP contribution < -0.4 is 0 Å². The Bertz CT molecular complexity index is 674. The Labute approximate surface area is 160 Å². The van der Waals surface area contributed by atoms with E-state index in [0.717, 1.165) is 5.56 Å². The van der Waals surface area contributed by atoms with Crippen molar-refractivity contribution in [3.05, 3.63) is 35.9 Å². The van der Waals surface area contributed by atoms with Crippen LogP contribution in [0.5, 0.6) is 0 Å². The number of benzene rings is 1. The molecule has 3 aliphatic rings. The molecule has 0 amide bonds. The van der Waals surface area contributed by atoms with Crippen molar-refractivity contribution in [3.8, 4) is 0 Å². The SMILES string of the molecule is CC(C)[C@H]1COC([C@@H]2OC(c3ccccc3)O[C@H]2C2=N[C@@H](C(C)C)CO2)=N1. The molecule has 6 heteroatoms. The first-order chi connectivity index (χ1) is 13.0. The minimum Gasteiger partial charge on any atom is -0.477 e. The van der Waals surface area contributed by atoms with Gasteiger partial charge < -0.3 is 18.9 Å². The van der Waals surface area contributed by atoms with E-state index in [9.17, 15) is 0 Å². The van der Waals surface area contributed by atoms with Gasteiger partial charge in [0.2, 0.25) is 11.8 Å². The largest absolute Gasteiger partial charge is 0.477 e. The molecule has 146 valence electrons. The fraction of sp³-hybridized carbons (Fsp3) is 0.619. The van der Waals surface area contributed by atoms with Crippen LogP contribution in [0.2, 0.25) is 0 Å². The maximum absolute atomic E-state index is 6.24. The second-order valence-electron chi connectivity index (χ2n) is 8.04. The molecule has 1 aromatic rings. The van der Waals surface area contributed by atoms with E-state index in [4.69, 9.17) is 28.9 Å². The molecule has 0 N–H and O–H groups in total. The lowest BCUT2D eigenvalue weighted by Crippen LogP contribution is -2.37. The lowest BCUT2D eigenvalue weighted by molar-refractivity contribution is -0.0592. The van der Waals surface area contributed by atoms with Gasteiger partial charge in [0, 0.05) is 5.56 Å². The van der Waals surface area contributed by atoms with Gasteiger partial charge in [0.05, 0.1) is 12.1 Å². The summed E-state index contributed by atoms with van der Waals surface area (Å²) >= 11 is 0. The Morgan fingerprint density at radius 3 is 1.67 bits per heavy atom. The molecule has 1 aromatic carbocycles. The molecular weight excluding hydrogens is 344 g/mol. The summed E-state index contributed by atoms with van der Waals surface area (Å²) in [4.78, 5) is 9.50. The molecule has 0 saturated carbocycles. The van der Waals surface area contributed by atoms with Crippen LogP contribution in [0.1, 0.15) is 39.5 Å². The van der Waals surface area contributed by atoms with Crippen LogP contribution in [0.15, 0.2) is 40.3 Å². The van der Waals surface area contributed by atoms with Crippen molar-refractivity contribution in [3.63, 3.8) is 0 Å². The summed E-state index contributed by atoms with van der Waals surface area (Å²) in [6.45, 7) is 9.75. The third kappa shape index (κ3) is 3.73. The number of hydrogen-bond donors (Lipinski definition) is 0. The highest BCUT2D eigenvalue weighted by molar-refractivity contribution is 5.93. The smallest absolute Gasteiger partial charge is 0.217 e. The third-order valence-corrected chi connectivity index (χ3v) is 5.30. The van der Waals surface area contributed by atoms with Crippen molar-refractivity contribution in [2.45, 2.75) is 58.3 Å². The van der Waals surface area contributed by atoms with Gasteiger partial charge in [-0.2, -0.15) is 0 Å². The first-order valence-corrected chi connectivity index (χ1v) is 9.79. The monoisotopic (exact) mass is 372 g/mol. The van der Waals surface area contributed by atoms with Crippen molar-refractivity contribution >= 4 is 11.8 Å². The molecule has 1 fully saturated rings. The zero-order valence-electron chi connectivity index (χ0n) is 16.4. The molecule has 3 heterocycles. The average Bonchev–Trinajstić information content (AvgIpc) is 3.39. The molecule has 0 spiro atoms. The Hall–Kier alpha value is -1.92. The lowest BCUT2D eigenvalue weighted by atomic mass is 10.1. The van der Waals surface area contributed by atoms with Crippen LogP contribution in [0, 0.1) is 11.8 Å². The second kappa shape index (κ2) is 7.60. The van der Waals surface area contributed by atoms with Gasteiger partial charge in [-0.15, -0.1) is 0 Å². The second-order valence-corrected chi connectivity index (χ2v) is 8.04. The van der Waals surface area contributed by atoms with Crippen molar-refractivity contribution in [1.29, 1.82) is 0 Å². The van der Waals surface area contributed by atoms with Crippen LogP contribution >= 0.6 is 0 Å². The molecule has 6 nitrogen and oxygen atoms in total. The molecule has 3 aliphatic heterocycles. The number of rotatable bonds is 5. The van der Waals surface area contributed by atoms with Crippen molar-refractivity contribution in [1.82, 2.24) is 0 Å². The van der Waals surface area contributed by atoms with Crippen LogP contribution in [-0.2, 0) is 18.9 Å². The van der Waals surface area contributed by atoms with Gasteiger partial charge >= 0.3 is 0 Å². The minimum absolute atomic E-state index is 0.148. The van der Waals surface area contributed by atoms with Crippen LogP contribution in [0.25, 0.3) is 0 Å². The predicted octanol–water partition coefficient (Wildman–Crippen LogP) is 3.38. The molecule has 0 aliphatic carbocycles. The summed E-state index contributed by atoms with van der Waals surface area (Å²) in [5.41, 5.74) is 0.961. The zero-order chi connectivity index (χ0) is 19.0. The molecule has 27 heavy (non-hydrogen) atoms. The Kier molecular flexibility index (Phi) is 5.19. The summed E-state index contributed by atoms with van der Waals surface area (Å²) in [5.74, 6) is 2.02. The van der Waals surface area contributed by atoms with E-state index >= 15 is 0 Å². The summed E-state index contributed by atoms with van der Waals surface area (Å²) in [5, 5.41) is 0. The van der Waals surface area contributed by atoms with Crippen LogP contribution in [0.3, 0.4) is 0 Å². The van der Waals surface area contributed by atoms with Gasteiger partial charge in [-0.1, -0.05) is 58.0 Å². The minimum atomic E-state index is -0.491. The fourth-order valence-electron chi connectivity index (χ4n) is 3.40. The number of hydrogen-bond acceptors (Lipinski definition) is 6. The Morgan fingerprint density at radius 2 is 1.26 bits per heavy atom. The van der Waals surface area contributed by atoms with E-state index in [1.165, 1.54) is 0 Å². The van der Waals surface area contributed by atoms with Gasteiger partial charge in [0.1, 0.15) is 13.2 Å². The van der Waals surface area contributed by atoms with Crippen LogP contribution in [-0.4, -0.2) is 49.3 Å². The van der Waals surface area contributed by atoms with E-state index in [0.29, 0.717) is 36.8 Å². The zero-order valence-corrected chi connectivity index (χ0v) is 16.4. The highest BCUT2D eigenvalue weighted by atomic mass is 16.7. The van der Waals surface area contributed by atoms with Gasteiger partial charge in [0.15, 0.2) is 18.5 Å². The molecular formula is C21H28N2O4. The van der Waals surface area contributed by atoms with E-state index in [-0.39, 0.29) is 12.1 Å². The summed E-state index contributed by atoms with van der Waals surface area (Å²) < 4.78 is 24.3. The van der Waals surface area contributed by atoms with E-state index in [1.807, 2.05) is 30.3 Å². The number of aliphatic imine (C=N–C) groups is 2. The first-order valence-electron chi connectivity index (χ1n) is 9.79. The lowest BCUT2D eigenvalue weighted by Gasteiger charge is -2.15. The molecule has 0 unspecified atom stereocenters. The highest BCUT2D eigenvalue weighted by Gasteiger charge is 2.48. The molecule has 4 rings (SSSR count). The molecule has 1 saturated heterocycles. The molecule has 4 atom stereocenters.